The van der Waals surface area contributed by atoms with E-state index in [0.717, 1.165) is 11.8 Å². The third kappa shape index (κ3) is 6.01. The molecule has 0 aliphatic carbocycles. The minimum atomic E-state index is -3.38. The maximum atomic E-state index is 12.4. The van der Waals surface area contributed by atoms with Crippen LogP contribution in [0.5, 0.6) is 5.75 Å². The van der Waals surface area contributed by atoms with Crippen molar-refractivity contribution in [2.75, 3.05) is 11.0 Å². The van der Waals surface area contributed by atoms with Gasteiger partial charge < -0.3 is 10.1 Å². The summed E-state index contributed by atoms with van der Waals surface area (Å²) >= 11 is 0. The zero-order valence-electron chi connectivity index (χ0n) is 15.3. The summed E-state index contributed by atoms with van der Waals surface area (Å²) in [5, 5.41) is 11.9. The van der Waals surface area contributed by atoms with Gasteiger partial charge in [-0.05, 0) is 43.7 Å². The maximum Gasteiger partial charge on any atom is 0.261 e. The Labute approximate surface area is 159 Å². The van der Waals surface area contributed by atoms with Gasteiger partial charge in [0, 0.05) is 5.69 Å². The van der Waals surface area contributed by atoms with Crippen LogP contribution < -0.4 is 14.8 Å². The Morgan fingerprint density at radius 3 is 2.52 bits per heavy atom. The van der Waals surface area contributed by atoms with E-state index in [9.17, 15) is 13.2 Å². The lowest BCUT2D eigenvalue weighted by atomic mass is 10.1. The van der Waals surface area contributed by atoms with E-state index in [2.05, 4.69) is 10.0 Å². The first-order valence-corrected chi connectivity index (χ1v) is 10.1. The van der Waals surface area contributed by atoms with Crippen molar-refractivity contribution in [3.8, 4) is 11.8 Å². The summed E-state index contributed by atoms with van der Waals surface area (Å²) in [6.07, 6.45) is 0.266. The highest BCUT2D eigenvalue weighted by Gasteiger charge is 2.19. The molecule has 2 aromatic rings. The van der Waals surface area contributed by atoms with Gasteiger partial charge in [0.15, 0.2) is 6.10 Å². The van der Waals surface area contributed by atoms with Crippen LogP contribution in [0, 0.1) is 11.3 Å². The number of amides is 1. The Kier molecular flexibility index (Phi) is 6.42. The van der Waals surface area contributed by atoms with Crippen LogP contribution in [-0.4, -0.2) is 26.7 Å². The number of para-hydroxylation sites is 1. The molecule has 0 aliphatic heterocycles. The number of nitrogens with zero attached hydrogens (tertiary/aromatic N) is 1. The number of carbonyl (C=O) groups excluding carboxylic acids is 1. The molecule has 0 spiro atoms. The molecule has 0 bridgehead atoms. The van der Waals surface area contributed by atoms with Crippen LogP contribution >= 0.6 is 0 Å². The first-order valence-electron chi connectivity index (χ1n) is 8.23. The Hall–Kier alpha value is -3.05. The highest BCUT2D eigenvalue weighted by molar-refractivity contribution is 7.92. The van der Waals surface area contributed by atoms with Crippen molar-refractivity contribution in [3.63, 3.8) is 0 Å². The van der Waals surface area contributed by atoms with Gasteiger partial charge in [0.1, 0.15) is 11.8 Å². The molecule has 142 valence electrons. The number of nitrogens with one attached hydrogen (secondary N) is 2. The molecule has 0 fully saturated rings. The number of ether oxygens (including phenoxy) is 1. The Bertz CT molecular complexity index is 967. The summed E-state index contributed by atoms with van der Waals surface area (Å²) in [7, 11) is -3.38. The molecule has 0 aliphatic rings. The van der Waals surface area contributed by atoms with Gasteiger partial charge in [-0.1, -0.05) is 24.3 Å². The largest absolute Gasteiger partial charge is 0.480 e. The fourth-order valence-corrected chi connectivity index (χ4v) is 2.96. The molecule has 8 heteroatoms. The predicted molar refractivity (Wildman–Crippen MR) is 103 cm³/mol. The molecular formula is C19H21N3O4S. The second-order valence-corrected chi connectivity index (χ2v) is 7.85. The van der Waals surface area contributed by atoms with E-state index < -0.39 is 16.1 Å². The van der Waals surface area contributed by atoms with Crippen LogP contribution in [0.15, 0.2) is 48.5 Å². The third-order valence-electron chi connectivity index (χ3n) is 3.73. The summed E-state index contributed by atoms with van der Waals surface area (Å²) in [6, 6.07) is 15.1. The van der Waals surface area contributed by atoms with E-state index in [1.54, 1.807) is 62.4 Å². The van der Waals surface area contributed by atoms with Gasteiger partial charge in [-0.15, -0.1) is 0 Å². The first kappa shape index (κ1) is 20.3. The molecule has 2 rings (SSSR count). The van der Waals surface area contributed by atoms with Crippen LogP contribution in [-0.2, 0) is 14.8 Å². The first-order chi connectivity index (χ1) is 12.7. The van der Waals surface area contributed by atoms with Crippen molar-refractivity contribution >= 4 is 21.6 Å². The van der Waals surface area contributed by atoms with Crippen molar-refractivity contribution in [3.05, 3.63) is 59.7 Å². The Morgan fingerprint density at radius 1 is 1.15 bits per heavy atom. The number of benzene rings is 2. The van der Waals surface area contributed by atoms with Gasteiger partial charge in [-0.2, -0.15) is 5.26 Å². The van der Waals surface area contributed by atoms with E-state index in [4.69, 9.17) is 10.00 Å². The summed E-state index contributed by atoms with van der Waals surface area (Å²) in [6.45, 7) is 3.38. The smallest absolute Gasteiger partial charge is 0.261 e. The van der Waals surface area contributed by atoms with Crippen LogP contribution in [0.3, 0.4) is 0 Å². The molecule has 0 saturated carbocycles. The van der Waals surface area contributed by atoms with Gasteiger partial charge in [-0.3, -0.25) is 9.52 Å². The predicted octanol–water partition coefficient (Wildman–Crippen LogP) is 2.57. The molecule has 0 heterocycles. The molecule has 2 atom stereocenters. The van der Waals surface area contributed by atoms with Crippen molar-refractivity contribution in [2.45, 2.75) is 26.0 Å². The van der Waals surface area contributed by atoms with E-state index in [0.29, 0.717) is 17.0 Å². The standard InChI is InChI=1S/C19H21N3O4S/c1-13(15-8-6-9-17(11-15)22-27(3,24)25)21-19(23)14(2)26-18-10-5-4-7-16(18)12-20/h4-11,13-14,22H,1-3H3,(H,21,23). The van der Waals surface area contributed by atoms with Crippen molar-refractivity contribution in [1.82, 2.24) is 5.32 Å². The summed E-state index contributed by atoms with van der Waals surface area (Å²) in [4.78, 5) is 12.4. The lowest BCUT2D eigenvalue weighted by Crippen LogP contribution is -2.37. The monoisotopic (exact) mass is 387 g/mol. The second-order valence-electron chi connectivity index (χ2n) is 6.10. The molecule has 7 nitrogen and oxygen atoms in total. The molecular weight excluding hydrogens is 366 g/mol. The molecule has 0 saturated heterocycles. The van der Waals surface area contributed by atoms with Gasteiger partial charge in [0.2, 0.25) is 10.0 Å². The number of hydrogen-bond acceptors (Lipinski definition) is 5. The van der Waals surface area contributed by atoms with E-state index in [1.807, 2.05) is 6.07 Å². The normalized spacial score (nSPS) is 13.1. The van der Waals surface area contributed by atoms with Crippen LogP contribution in [0.25, 0.3) is 0 Å². The highest BCUT2D eigenvalue weighted by atomic mass is 32.2. The van der Waals surface area contributed by atoms with E-state index in [1.165, 1.54) is 0 Å². The fraction of sp³-hybridized carbons (Fsp3) is 0.263. The Morgan fingerprint density at radius 2 is 1.85 bits per heavy atom. The van der Waals surface area contributed by atoms with Gasteiger partial charge in [0.25, 0.3) is 5.91 Å². The number of carbonyl (C=O) groups is 1. The van der Waals surface area contributed by atoms with Gasteiger partial charge in [-0.25, -0.2) is 8.42 Å². The topological polar surface area (TPSA) is 108 Å². The lowest BCUT2D eigenvalue weighted by molar-refractivity contribution is -0.127. The number of rotatable bonds is 7. The molecule has 0 radical (unpaired) electrons. The summed E-state index contributed by atoms with van der Waals surface area (Å²) in [5.74, 6) is -0.00799. The van der Waals surface area contributed by atoms with Crippen LogP contribution in [0.2, 0.25) is 0 Å². The van der Waals surface area contributed by atoms with E-state index >= 15 is 0 Å². The SMILES string of the molecule is CC(Oc1ccccc1C#N)C(=O)NC(C)c1cccc(NS(C)(=O)=O)c1. The number of anilines is 1. The number of hydrogen-bond donors (Lipinski definition) is 2. The minimum absolute atomic E-state index is 0.342. The Balaban J connectivity index is 2.04. The number of nitriles is 1. The highest BCUT2D eigenvalue weighted by Crippen LogP contribution is 2.20. The lowest BCUT2D eigenvalue weighted by Gasteiger charge is -2.20. The molecule has 0 aromatic heterocycles. The minimum Gasteiger partial charge on any atom is -0.480 e. The maximum absolute atomic E-state index is 12.4. The fourth-order valence-electron chi connectivity index (χ4n) is 2.41. The average Bonchev–Trinajstić information content (AvgIpc) is 2.60. The van der Waals surface area contributed by atoms with Crippen molar-refractivity contribution in [1.29, 1.82) is 5.26 Å². The molecule has 27 heavy (non-hydrogen) atoms. The molecule has 2 N–H and O–H groups in total. The summed E-state index contributed by atoms with van der Waals surface area (Å²) < 4.78 is 30.7. The third-order valence-corrected chi connectivity index (χ3v) is 4.34. The van der Waals surface area contributed by atoms with Crippen molar-refractivity contribution in [2.24, 2.45) is 0 Å². The van der Waals surface area contributed by atoms with Gasteiger partial charge in [0.05, 0.1) is 17.9 Å². The van der Waals surface area contributed by atoms with Gasteiger partial charge >= 0.3 is 0 Å². The zero-order valence-corrected chi connectivity index (χ0v) is 16.1. The van der Waals surface area contributed by atoms with Crippen LogP contribution in [0.4, 0.5) is 5.69 Å². The summed E-state index contributed by atoms with van der Waals surface area (Å²) in [5.41, 5.74) is 1.51. The second kappa shape index (κ2) is 8.56. The molecule has 1 amide bonds. The van der Waals surface area contributed by atoms with Crippen molar-refractivity contribution < 1.29 is 17.9 Å². The molecule has 2 aromatic carbocycles. The quantitative estimate of drug-likeness (QED) is 0.759. The zero-order chi connectivity index (χ0) is 20.0. The number of sulfonamides is 1. The average molecular weight is 387 g/mol. The van der Waals surface area contributed by atoms with E-state index in [-0.39, 0.29) is 11.9 Å². The van der Waals surface area contributed by atoms with Crippen LogP contribution in [0.1, 0.15) is 31.0 Å². The molecule has 2 unspecified atom stereocenters.